The molecular weight excluding hydrogens is 712 g/mol. The van der Waals surface area contributed by atoms with E-state index in [0.717, 1.165) is 43.8 Å². The van der Waals surface area contributed by atoms with Gasteiger partial charge in [0.1, 0.15) is 6.54 Å². The molecule has 3 heteroatoms. The molecule has 0 spiro atoms. The second-order valence-electron chi connectivity index (χ2n) is 18.9. The van der Waals surface area contributed by atoms with Crippen molar-refractivity contribution in [1.82, 2.24) is 4.90 Å². The Morgan fingerprint density at radius 2 is 1.26 bits per heavy atom. The molecule has 0 unspecified atom stereocenters. The van der Waals surface area contributed by atoms with Crippen LogP contribution in [0.2, 0.25) is 0 Å². The lowest BCUT2D eigenvalue weighted by Gasteiger charge is -2.29. The summed E-state index contributed by atoms with van der Waals surface area (Å²) in [6.07, 6.45) is 47.4. The molecular formula is C54H82ClN2+. The predicted octanol–water partition coefficient (Wildman–Crippen LogP) is 16.9. The minimum absolute atomic E-state index is 0.0390. The molecule has 314 valence electrons. The zero-order chi connectivity index (χ0) is 40.5. The molecule has 5 rings (SSSR count). The van der Waals surface area contributed by atoms with Gasteiger partial charge in [-0.1, -0.05) is 185 Å². The number of hydrogen-bond donors (Lipinski definition) is 0. The minimum atomic E-state index is -0.0390. The summed E-state index contributed by atoms with van der Waals surface area (Å²) in [5, 5.41) is 0.971. The third-order valence-electron chi connectivity index (χ3n) is 13.7. The number of unbranched alkanes of at least 4 members (excludes halogenated alkanes) is 18. The van der Waals surface area contributed by atoms with Gasteiger partial charge in [-0.15, -0.1) is 0 Å². The molecule has 0 radical (unpaired) electrons. The Hall–Kier alpha value is -2.58. The average Bonchev–Trinajstić information content (AvgIpc) is 3.56. The number of benzene rings is 1. The first-order valence-electron chi connectivity index (χ1n) is 24.1. The van der Waals surface area contributed by atoms with Crippen molar-refractivity contribution < 1.29 is 4.58 Å². The molecule has 2 aliphatic heterocycles. The fraction of sp³-hybridized carbons (Fsp3) is 0.648. The van der Waals surface area contributed by atoms with E-state index < -0.39 is 0 Å². The van der Waals surface area contributed by atoms with E-state index in [4.69, 9.17) is 11.6 Å². The van der Waals surface area contributed by atoms with Crippen LogP contribution in [0, 0.1) is 5.41 Å². The van der Waals surface area contributed by atoms with Gasteiger partial charge in [-0.2, -0.15) is 4.58 Å². The second kappa shape index (κ2) is 23.3. The number of fused-ring (bicyclic) bond motifs is 1. The Kier molecular flexibility index (Phi) is 18.6. The zero-order valence-electron chi connectivity index (χ0n) is 37.6. The maximum atomic E-state index is 7.38. The number of hydrogen-bond acceptors (Lipinski definition) is 1. The van der Waals surface area contributed by atoms with Gasteiger partial charge in [0.05, 0.1) is 5.41 Å². The van der Waals surface area contributed by atoms with Crippen molar-refractivity contribution in [2.45, 2.75) is 207 Å². The Morgan fingerprint density at radius 3 is 1.91 bits per heavy atom. The van der Waals surface area contributed by atoms with Crippen molar-refractivity contribution in [2.75, 3.05) is 13.1 Å². The Balaban J connectivity index is 1.26. The normalized spacial score (nSPS) is 20.3. The van der Waals surface area contributed by atoms with Crippen molar-refractivity contribution in [2.24, 2.45) is 5.41 Å². The fourth-order valence-electron chi connectivity index (χ4n) is 10.2. The van der Waals surface area contributed by atoms with Crippen LogP contribution in [0.5, 0.6) is 0 Å². The number of rotatable bonds is 25. The number of allylic oxidation sites excluding steroid dienone is 10. The molecule has 2 heterocycles. The first-order valence-corrected chi connectivity index (χ1v) is 24.5. The third kappa shape index (κ3) is 12.2. The smallest absolute Gasteiger partial charge is 0.209 e. The van der Waals surface area contributed by atoms with Crippen molar-refractivity contribution >= 4 is 23.0 Å². The molecule has 0 fully saturated rings. The number of nitrogens with zero attached hydrogens (tertiary/aromatic N) is 2. The highest BCUT2D eigenvalue weighted by Gasteiger charge is 2.44. The average molecular weight is 795 g/mol. The van der Waals surface area contributed by atoms with Crippen LogP contribution in [0.3, 0.4) is 0 Å². The van der Waals surface area contributed by atoms with Crippen LogP contribution >= 0.6 is 11.6 Å². The van der Waals surface area contributed by atoms with E-state index >= 15 is 0 Å². The van der Waals surface area contributed by atoms with Gasteiger partial charge < -0.3 is 4.90 Å². The van der Waals surface area contributed by atoms with E-state index in [1.54, 1.807) is 5.57 Å². The van der Waals surface area contributed by atoms with E-state index in [0.29, 0.717) is 0 Å². The van der Waals surface area contributed by atoms with E-state index in [1.807, 2.05) is 0 Å². The molecule has 2 nitrogen and oxygen atoms in total. The van der Waals surface area contributed by atoms with Gasteiger partial charge in [0.15, 0.2) is 5.71 Å². The van der Waals surface area contributed by atoms with Crippen LogP contribution in [-0.4, -0.2) is 28.3 Å². The first-order chi connectivity index (χ1) is 27.7. The number of halogens is 1. The molecule has 0 N–H and O–H groups in total. The van der Waals surface area contributed by atoms with Gasteiger partial charge in [-0.05, 0) is 87.7 Å². The maximum Gasteiger partial charge on any atom is 0.209 e. The van der Waals surface area contributed by atoms with E-state index in [1.165, 1.54) is 174 Å². The highest BCUT2D eigenvalue weighted by Crippen LogP contribution is 2.51. The molecule has 0 saturated heterocycles. The SMILES string of the molecule is CCCCCCCCCCCCN1C(=CC=C2CCCC(C=CC3=[N+](CCCCCCCCCCCC)c4ccccc4C3(C)C)=C2Cl)C(C)(C)C2=C1C=CCC2. The highest BCUT2D eigenvalue weighted by molar-refractivity contribution is 6.32. The van der Waals surface area contributed by atoms with Crippen LogP contribution in [0.4, 0.5) is 5.69 Å². The van der Waals surface area contributed by atoms with Crippen LogP contribution < -0.4 is 0 Å². The molecule has 4 aliphatic rings. The van der Waals surface area contributed by atoms with Crippen LogP contribution in [0.25, 0.3) is 0 Å². The van der Waals surface area contributed by atoms with Gasteiger partial charge >= 0.3 is 0 Å². The van der Waals surface area contributed by atoms with Gasteiger partial charge in [0, 0.05) is 52.5 Å². The van der Waals surface area contributed by atoms with Gasteiger partial charge in [-0.25, -0.2) is 0 Å². The Labute approximate surface area is 356 Å². The molecule has 2 aliphatic carbocycles. The molecule has 0 amide bonds. The molecule has 0 saturated carbocycles. The van der Waals surface area contributed by atoms with E-state index in [9.17, 15) is 0 Å². The standard InChI is InChI=1S/C54H82ClN2/c1-7-9-11-13-15-17-19-21-23-29-42-56-48-36-27-25-34-46(48)53(3,4)50(56)40-38-44-32-31-33-45(52(44)55)39-41-51-54(5,6)47-35-26-28-37-49(47)57(51)43-30-24-22-20-18-16-14-12-10-8-2/h25,27-28,34,36-41H,7-24,26,29-33,35,42-43H2,1-6H3/q+1. The van der Waals surface area contributed by atoms with E-state index in [-0.39, 0.29) is 10.8 Å². The lowest BCUT2D eigenvalue weighted by molar-refractivity contribution is -0.438. The van der Waals surface area contributed by atoms with Crippen molar-refractivity contribution in [3.8, 4) is 0 Å². The minimum Gasteiger partial charge on any atom is -0.344 e. The van der Waals surface area contributed by atoms with Crippen LogP contribution in [-0.2, 0) is 5.41 Å². The van der Waals surface area contributed by atoms with E-state index in [2.05, 4.69) is 112 Å². The summed E-state index contributed by atoms with van der Waals surface area (Å²) in [4.78, 5) is 2.67. The summed E-state index contributed by atoms with van der Waals surface area (Å²) in [5.41, 5.74) is 11.4. The molecule has 0 bridgehead atoms. The third-order valence-corrected chi connectivity index (χ3v) is 14.2. The van der Waals surface area contributed by atoms with Crippen LogP contribution in [0.1, 0.15) is 208 Å². The number of para-hydroxylation sites is 1. The lowest BCUT2D eigenvalue weighted by Crippen LogP contribution is -2.28. The summed E-state index contributed by atoms with van der Waals surface area (Å²) < 4.78 is 2.63. The summed E-state index contributed by atoms with van der Waals surface area (Å²) in [6, 6.07) is 9.10. The summed E-state index contributed by atoms with van der Waals surface area (Å²) in [7, 11) is 0. The monoisotopic (exact) mass is 794 g/mol. The summed E-state index contributed by atoms with van der Waals surface area (Å²) in [5.74, 6) is 0. The largest absolute Gasteiger partial charge is 0.344 e. The topological polar surface area (TPSA) is 6.25 Å². The van der Waals surface area contributed by atoms with Crippen molar-refractivity contribution in [3.63, 3.8) is 0 Å². The van der Waals surface area contributed by atoms with Crippen LogP contribution in [0.15, 0.2) is 93.9 Å². The summed E-state index contributed by atoms with van der Waals surface area (Å²) >= 11 is 7.38. The zero-order valence-corrected chi connectivity index (χ0v) is 38.4. The predicted molar refractivity (Wildman–Crippen MR) is 251 cm³/mol. The molecule has 0 aromatic heterocycles. The molecule has 57 heavy (non-hydrogen) atoms. The maximum absolute atomic E-state index is 7.38. The first kappa shape index (κ1) is 45.5. The lowest BCUT2D eigenvalue weighted by atomic mass is 9.79. The highest BCUT2D eigenvalue weighted by atomic mass is 35.5. The molecule has 1 aromatic rings. The fourth-order valence-corrected chi connectivity index (χ4v) is 10.5. The molecule has 0 atom stereocenters. The Morgan fingerprint density at radius 1 is 0.667 bits per heavy atom. The van der Waals surface area contributed by atoms with Crippen molar-refractivity contribution in [3.05, 3.63) is 99.4 Å². The van der Waals surface area contributed by atoms with Crippen molar-refractivity contribution in [1.29, 1.82) is 0 Å². The Bertz CT molecular complexity index is 1660. The quantitative estimate of drug-likeness (QED) is 0.0706. The molecule has 1 aromatic carbocycles. The van der Waals surface area contributed by atoms with Gasteiger partial charge in [-0.3, -0.25) is 0 Å². The summed E-state index contributed by atoms with van der Waals surface area (Å²) in [6.45, 7) is 16.5. The van der Waals surface area contributed by atoms with Gasteiger partial charge in [0.25, 0.3) is 0 Å². The second-order valence-corrected chi connectivity index (χ2v) is 19.3. The van der Waals surface area contributed by atoms with Gasteiger partial charge in [0.2, 0.25) is 5.69 Å².